The number of aromatic nitrogens is 2. The number of likely N-dealkylation sites (N-methyl/N-ethyl adjacent to an activating group) is 1. The van der Waals surface area contributed by atoms with Gasteiger partial charge >= 0.3 is 0 Å². The summed E-state index contributed by atoms with van der Waals surface area (Å²) in [5.41, 5.74) is 2.56. The molecule has 19 heavy (non-hydrogen) atoms. The molecular formula is C15H30N4. The number of hydrogen-bond donors (Lipinski definition) is 1. The number of rotatable bonds is 10. The maximum atomic E-state index is 4.63. The molecule has 0 amide bonds. The van der Waals surface area contributed by atoms with E-state index in [1.165, 1.54) is 11.4 Å². The Kier molecular flexibility index (Phi) is 7.75. The van der Waals surface area contributed by atoms with Crippen molar-refractivity contribution in [1.29, 1.82) is 0 Å². The predicted octanol–water partition coefficient (Wildman–Crippen LogP) is 1.94. The van der Waals surface area contributed by atoms with Crippen LogP contribution in [0.5, 0.6) is 0 Å². The molecule has 0 aliphatic rings. The summed E-state index contributed by atoms with van der Waals surface area (Å²) in [6, 6.07) is 2.23. The topological polar surface area (TPSA) is 33.1 Å². The number of nitrogens with one attached hydrogen (secondary N) is 1. The van der Waals surface area contributed by atoms with Gasteiger partial charge in [0, 0.05) is 25.3 Å². The highest BCUT2D eigenvalue weighted by atomic mass is 15.3. The first-order chi connectivity index (χ1) is 9.24. The van der Waals surface area contributed by atoms with E-state index in [0.717, 1.165) is 52.1 Å². The van der Waals surface area contributed by atoms with Crippen molar-refractivity contribution in [1.82, 2.24) is 20.0 Å². The molecule has 1 N–H and O–H groups in total. The predicted molar refractivity (Wildman–Crippen MR) is 81.6 cm³/mol. The largest absolute Gasteiger partial charge is 0.314 e. The SMILES string of the molecule is CCc1cc(CC)n(CCNCCN(CC)CC)n1. The van der Waals surface area contributed by atoms with Gasteiger partial charge in [0.15, 0.2) is 0 Å². The smallest absolute Gasteiger partial charge is 0.0624 e. The fraction of sp³-hybridized carbons (Fsp3) is 0.800. The van der Waals surface area contributed by atoms with Crippen LogP contribution in [0, 0.1) is 0 Å². The maximum absolute atomic E-state index is 4.63. The average molecular weight is 266 g/mol. The minimum absolute atomic E-state index is 0.974. The summed E-state index contributed by atoms with van der Waals surface area (Å²) in [7, 11) is 0. The molecule has 0 aromatic carbocycles. The summed E-state index contributed by atoms with van der Waals surface area (Å²) in [6.45, 7) is 15.2. The van der Waals surface area contributed by atoms with Gasteiger partial charge in [0.2, 0.25) is 0 Å². The first-order valence-corrected chi connectivity index (χ1v) is 7.73. The van der Waals surface area contributed by atoms with Gasteiger partial charge in [-0.05, 0) is 32.0 Å². The highest BCUT2D eigenvalue weighted by Crippen LogP contribution is 2.05. The molecule has 1 aromatic heterocycles. The van der Waals surface area contributed by atoms with Crippen LogP contribution in [0.3, 0.4) is 0 Å². The molecule has 0 saturated heterocycles. The van der Waals surface area contributed by atoms with Crippen LogP contribution < -0.4 is 5.32 Å². The second-order valence-corrected chi connectivity index (χ2v) is 4.83. The molecule has 0 fully saturated rings. The summed E-state index contributed by atoms with van der Waals surface area (Å²) in [5, 5.41) is 8.14. The van der Waals surface area contributed by atoms with Crippen LogP contribution >= 0.6 is 0 Å². The third kappa shape index (κ3) is 5.33. The second-order valence-electron chi connectivity index (χ2n) is 4.83. The Morgan fingerprint density at radius 1 is 1.11 bits per heavy atom. The molecular weight excluding hydrogens is 236 g/mol. The third-order valence-electron chi connectivity index (χ3n) is 3.64. The summed E-state index contributed by atoms with van der Waals surface area (Å²) >= 11 is 0. The van der Waals surface area contributed by atoms with E-state index in [4.69, 9.17) is 0 Å². The van der Waals surface area contributed by atoms with E-state index in [1.54, 1.807) is 0 Å². The standard InChI is InChI=1S/C15H30N4/c1-5-14-13-15(6-2)19(17-14)12-10-16-9-11-18(7-3)8-4/h13,16H,5-12H2,1-4H3. The van der Waals surface area contributed by atoms with E-state index < -0.39 is 0 Å². The summed E-state index contributed by atoms with van der Waals surface area (Å²) in [4.78, 5) is 2.44. The van der Waals surface area contributed by atoms with Gasteiger partial charge in [-0.1, -0.05) is 27.7 Å². The molecule has 0 atom stereocenters. The van der Waals surface area contributed by atoms with Crippen LogP contribution in [-0.4, -0.2) is 47.4 Å². The van der Waals surface area contributed by atoms with E-state index in [9.17, 15) is 0 Å². The highest BCUT2D eigenvalue weighted by Gasteiger charge is 2.04. The summed E-state index contributed by atoms with van der Waals surface area (Å²) in [6.07, 6.45) is 2.09. The van der Waals surface area contributed by atoms with Crippen molar-refractivity contribution in [2.75, 3.05) is 32.7 Å². The summed E-state index contributed by atoms with van der Waals surface area (Å²) in [5.74, 6) is 0. The normalized spacial score (nSPS) is 11.4. The van der Waals surface area contributed by atoms with Crippen LogP contribution in [0.4, 0.5) is 0 Å². The number of nitrogens with zero attached hydrogens (tertiary/aromatic N) is 3. The van der Waals surface area contributed by atoms with E-state index >= 15 is 0 Å². The quantitative estimate of drug-likeness (QED) is 0.657. The molecule has 4 nitrogen and oxygen atoms in total. The Morgan fingerprint density at radius 2 is 1.84 bits per heavy atom. The van der Waals surface area contributed by atoms with Gasteiger partial charge in [-0.15, -0.1) is 0 Å². The molecule has 1 rings (SSSR count). The second kappa shape index (κ2) is 9.10. The van der Waals surface area contributed by atoms with Crippen LogP contribution in [0.15, 0.2) is 6.07 Å². The Balaban J connectivity index is 2.27. The van der Waals surface area contributed by atoms with Crippen molar-refractivity contribution < 1.29 is 0 Å². The molecule has 0 spiro atoms. The Bertz CT molecular complexity index is 342. The maximum Gasteiger partial charge on any atom is 0.0624 e. The number of hydrogen-bond acceptors (Lipinski definition) is 3. The van der Waals surface area contributed by atoms with Gasteiger partial charge in [-0.2, -0.15) is 5.10 Å². The summed E-state index contributed by atoms with van der Waals surface area (Å²) < 4.78 is 2.16. The Hall–Kier alpha value is -0.870. The fourth-order valence-corrected chi connectivity index (χ4v) is 2.25. The Morgan fingerprint density at radius 3 is 2.42 bits per heavy atom. The first-order valence-electron chi connectivity index (χ1n) is 7.73. The fourth-order valence-electron chi connectivity index (χ4n) is 2.25. The first kappa shape index (κ1) is 16.2. The van der Waals surface area contributed by atoms with Gasteiger partial charge in [0.25, 0.3) is 0 Å². The molecule has 4 heteroatoms. The van der Waals surface area contributed by atoms with Crippen molar-refractivity contribution in [2.24, 2.45) is 0 Å². The third-order valence-corrected chi connectivity index (χ3v) is 3.64. The van der Waals surface area contributed by atoms with E-state index in [-0.39, 0.29) is 0 Å². The van der Waals surface area contributed by atoms with Gasteiger partial charge in [0.05, 0.1) is 12.2 Å². The monoisotopic (exact) mass is 266 g/mol. The van der Waals surface area contributed by atoms with Gasteiger partial charge in [-0.25, -0.2) is 0 Å². The van der Waals surface area contributed by atoms with Crippen molar-refractivity contribution in [2.45, 2.75) is 47.1 Å². The van der Waals surface area contributed by atoms with Gasteiger partial charge in [0.1, 0.15) is 0 Å². The zero-order valence-corrected chi connectivity index (χ0v) is 13.1. The van der Waals surface area contributed by atoms with Gasteiger partial charge < -0.3 is 10.2 Å². The lowest BCUT2D eigenvalue weighted by Crippen LogP contribution is -2.33. The highest BCUT2D eigenvalue weighted by molar-refractivity contribution is 5.10. The van der Waals surface area contributed by atoms with Crippen LogP contribution in [-0.2, 0) is 19.4 Å². The molecule has 0 bridgehead atoms. The minimum atomic E-state index is 0.974. The average Bonchev–Trinajstić information content (AvgIpc) is 2.85. The lowest BCUT2D eigenvalue weighted by Gasteiger charge is -2.18. The molecule has 1 aromatic rings. The molecule has 110 valence electrons. The van der Waals surface area contributed by atoms with Crippen molar-refractivity contribution in [3.63, 3.8) is 0 Å². The minimum Gasteiger partial charge on any atom is -0.314 e. The number of aryl methyl sites for hydroxylation is 2. The van der Waals surface area contributed by atoms with Crippen molar-refractivity contribution >= 4 is 0 Å². The van der Waals surface area contributed by atoms with Crippen molar-refractivity contribution in [3.8, 4) is 0 Å². The lowest BCUT2D eigenvalue weighted by atomic mass is 10.2. The molecule has 0 aliphatic carbocycles. The zero-order valence-electron chi connectivity index (χ0n) is 13.1. The molecule has 0 radical (unpaired) electrons. The Labute approximate surface area is 118 Å². The van der Waals surface area contributed by atoms with Gasteiger partial charge in [-0.3, -0.25) is 4.68 Å². The van der Waals surface area contributed by atoms with Crippen molar-refractivity contribution in [3.05, 3.63) is 17.5 Å². The zero-order chi connectivity index (χ0) is 14.1. The van der Waals surface area contributed by atoms with Crippen LogP contribution in [0.2, 0.25) is 0 Å². The lowest BCUT2D eigenvalue weighted by molar-refractivity contribution is 0.301. The molecule has 0 aliphatic heterocycles. The van der Waals surface area contributed by atoms with Crippen LogP contribution in [0.25, 0.3) is 0 Å². The molecule has 0 unspecified atom stereocenters. The molecule has 0 saturated carbocycles. The van der Waals surface area contributed by atoms with E-state index in [1.807, 2.05) is 0 Å². The van der Waals surface area contributed by atoms with Crippen LogP contribution in [0.1, 0.15) is 39.1 Å². The molecule has 1 heterocycles. The van der Waals surface area contributed by atoms with E-state index in [0.29, 0.717) is 0 Å². The van der Waals surface area contributed by atoms with E-state index in [2.05, 4.69) is 53.8 Å².